The number of nitrogens with two attached hydrogens (primary N) is 1. The highest BCUT2D eigenvalue weighted by molar-refractivity contribution is 5.90. The highest BCUT2D eigenvalue weighted by Gasteiger charge is 2.54. The van der Waals surface area contributed by atoms with E-state index in [1.54, 1.807) is 6.33 Å². The molecule has 2 heterocycles. The van der Waals surface area contributed by atoms with Crippen molar-refractivity contribution in [3.05, 3.63) is 17.6 Å². The summed E-state index contributed by atoms with van der Waals surface area (Å²) in [7, 11) is 0. The van der Waals surface area contributed by atoms with E-state index in [9.17, 15) is 0 Å². The highest BCUT2D eigenvalue weighted by atomic mass is 15.1. The molecule has 0 unspecified atom stereocenters. The van der Waals surface area contributed by atoms with Crippen LogP contribution in [0.25, 0.3) is 11.0 Å². The summed E-state index contributed by atoms with van der Waals surface area (Å²) in [6.45, 7) is 5.42. The van der Waals surface area contributed by atoms with E-state index in [0.717, 1.165) is 23.5 Å². The first kappa shape index (κ1) is 11.3. The molecular weight excluding hydrogens is 236 g/mol. The predicted octanol–water partition coefficient (Wildman–Crippen LogP) is 2.82. The van der Waals surface area contributed by atoms with Crippen LogP contribution in [0.4, 0.5) is 5.82 Å². The number of nitrogens with zero attached hydrogens (tertiary/aromatic N) is 3. The minimum Gasteiger partial charge on any atom is -0.383 e. The van der Waals surface area contributed by atoms with E-state index < -0.39 is 0 Å². The Bertz CT molecular complexity index is 662. The molecule has 2 fully saturated rings. The fourth-order valence-electron chi connectivity index (χ4n) is 3.56. The van der Waals surface area contributed by atoms with Crippen molar-refractivity contribution in [2.45, 2.75) is 46.1 Å². The maximum Gasteiger partial charge on any atom is 0.145 e. The van der Waals surface area contributed by atoms with E-state index >= 15 is 0 Å². The molecule has 0 bridgehead atoms. The fraction of sp³-hybridized carbons (Fsp3) is 0.600. The monoisotopic (exact) mass is 256 g/mol. The second-order valence-corrected chi connectivity index (χ2v) is 6.39. The molecule has 4 rings (SSSR count). The minimum absolute atomic E-state index is 0.572. The molecular formula is C15H20N4. The number of hydrogen-bond acceptors (Lipinski definition) is 3. The average molecular weight is 256 g/mol. The molecule has 2 aromatic rings. The molecule has 0 atom stereocenters. The van der Waals surface area contributed by atoms with Crippen LogP contribution < -0.4 is 5.73 Å². The molecule has 0 amide bonds. The van der Waals surface area contributed by atoms with Crippen molar-refractivity contribution in [3.63, 3.8) is 0 Å². The van der Waals surface area contributed by atoms with E-state index in [1.807, 2.05) is 0 Å². The van der Waals surface area contributed by atoms with Crippen molar-refractivity contribution in [1.82, 2.24) is 14.5 Å². The Morgan fingerprint density at radius 3 is 2.68 bits per heavy atom. The van der Waals surface area contributed by atoms with Gasteiger partial charge in [-0.05, 0) is 56.4 Å². The maximum atomic E-state index is 6.03. The Morgan fingerprint density at radius 1 is 1.32 bits per heavy atom. The molecule has 4 heteroatoms. The predicted molar refractivity (Wildman–Crippen MR) is 75.8 cm³/mol. The van der Waals surface area contributed by atoms with Gasteiger partial charge in [-0.25, -0.2) is 9.97 Å². The quantitative estimate of drug-likeness (QED) is 0.918. The summed E-state index contributed by atoms with van der Waals surface area (Å²) < 4.78 is 2.38. The number of anilines is 1. The Morgan fingerprint density at radius 2 is 2.05 bits per heavy atom. The average Bonchev–Trinajstić information content (AvgIpc) is 3.26. The topological polar surface area (TPSA) is 56.7 Å². The van der Waals surface area contributed by atoms with Crippen LogP contribution in [0.5, 0.6) is 0 Å². The summed E-state index contributed by atoms with van der Waals surface area (Å²) in [5.74, 6) is 1.57. The molecule has 0 spiro atoms. The van der Waals surface area contributed by atoms with Crippen molar-refractivity contribution in [3.8, 4) is 0 Å². The second-order valence-electron chi connectivity index (χ2n) is 6.39. The standard InChI is InChI=1S/C15H20N4/c1-9-10(2)19(7-15(5-6-15)11-3-4-11)14-12(9)13(16)17-8-18-14/h8,11H,3-7H2,1-2H3,(H2,16,17,18). The number of rotatable bonds is 3. The van der Waals surface area contributed by atoms with Gasteiger partial charge in [0.05, 0.1) is 5.39 Å². The molecule has 2 aromatic heterocycles. The number of fused-ring (bicyclic) bond motifs is 1. The third-order valence-corrected chi connectivity index (χ3v) is 5.24. The Balaban J connectivity index is 1.85. The first-order valence-electron chi connectivity index (χ1n) is 7.18. The molecule has 0 saturated heterocycles. The van der Waals surface area contributed by atoms with Gasteiger partial charge in [-0.1, -0.05) is 0 Å². The molecule has 100 valence electrons. The van der Waals surface area contributed by atoms with Crippen LogP contribution >= 0.6 is 0 Å². The Labute approximate surface area is 113 Å². The molecule has 19 heavy (non-hydrogen) atoms. The van der Waals surface area contributed by atoms with Gasteiger partial charge >= 0.3 is 0 Å². The smallest absolute Gasteiger partial charge is 0.145 e. The van der Waals surface area contributed by atoms with Gasteiger partial charge in [-0.2, -0.15) is 0 Å². The fourth-order valence-corrected chi connectivity index (χ4v) is 3.56. The van der Waals surface area contributed by atoms with Crippen LogP contribution in [0.2, 0.25) is 0 Å². The van der Waals surface area contributed by atoms with Gasteiger partial charge in [0, 0.05) is 12.2 Å². The summed E-state index contributed by atoms with van der Waals surface area (Å²) in [5, 5.41) is 1.05. The first-order valence-corrected chi connectivity index (χ1v) is 7.18. The van der Waals surface area contributed by atoms with Crippen molar-refractivity contribution in [1.29, 1.82) is 0 Å². The van der Waals surface area contributed by atoms with Crippen LogP contribution in [0.1, 0.15) is 36.9 Å². The van der Waals surface area contributed by atoms with Crippen LogP contribution in [0.3, 0.4) is 0 Å². The Kier molecular flexibility index (Phi) is 2.07. The van der Waals surface area contributed by atoms with Gasteiger partial charge < -0.3 is 10.3 Å². The first-order chi connectivity index (χ1) is 9.12. The molecule has 4 nitrogen and oxygen atoms in total. The van der Waals surface area contributed by atoms with Crippen LogP contribution in [-0.2, 0) is 6.54 Å². The van der Waals surface area contributed by atoms with Gasteiger partial charge in [-0.3, -0.25) is 0 Å². The van der Waals surface area contributed by atoms with E-state index in [-0.39, 0.29) is 0 Å². The SMILES string of the molecule is Cc1c(C)n(CC2(C3CC3)CC2)c2ncnc(N)c12. The van der Waals surface area contributed by atoms with Gasteiger partial charge in [0.15, 0.2) is 0 Å². The largest absolute Gasteiger partial charge is 0.383 e. The molecule has 0 radical (unpaired) electrons. The lowest BCUT2D eigenvalue weighted by Crippen LogP contribution is -2.15. The lowest BCUT2D eigenvalue weighted by molar-refractivity contribution is 0.371. The van der Waals surface area contributed by atoms with Crippen LogP contribution in [-0.4, -0.2) is 14.5 Å². The van der Waals surface area contributed by atoms with Crippen molar-refractivity contribution in [2.75, 3.05) is 5.73 Å². The maximum absolute atomic E-state index is 6.03. The van der Waals surface area contributed by atoms with Crippen molar-refractivity contribution < 1.29 is 0 Å². The molecule has 0 aromatic carbocycles. The number of aryl methyl sites for hydroxylation is 1. The molecule has 0 aliphatic heterocycles. The van der Waals surface area contributed by atoms with E-state index in [1.165, 1.54) is 36.9 Å². The minimum atomic E-state index is 0.572. The van der Waals surface area contributed by atoms with E-state index in [4.69, 9.17) is 5.73 Å². The lowest BCUT2D eigenvalue weighted by atomic mass is 10.0. The summed E-state index contributed by atoms with van der Waals surface area (Å²) in [6, 6.07) is 0. The van der Waals surface area contributed by atoms with Crippen LogP contribution in [0.15, 0.2) is 6.33 Å². The van der Waals surface area contributed by atoms with Gasteiger partial charge in [-0.15, -0.1) is 0 Å². The van der Waals surface area contributed by atoms with E-state index in [2.05, 4.69) is 28.4 Å². The van der Waals surface area contributed by atoms with Gasteiger partial charge in [0.1, 0.15) is 17.8 Å². The molecule has 2 aliphatic rings. The zero-order valence-electron chi connectivity index (χ0n) is 11.6. The number of hydrogen-bond donors (Lipinski definition) is 1. The second kappa shape index (κ2) is 3.50. The summed E-state index contributed by atoms with van der Waals surface area (Å²) in [4.78, 5) is 8.62. The van der Waals surface area contributed by atoms with E-state index in [0.29, 0.717) is 11.2 Å². The lowest BCUT2D eigenvalue weighted by Gasteiger charge is -2.17. The van der Waals surface area contributed by atoms with Gasteiger partial charge in [0.25, 0.3) is 0 Å². The highest BCUT2D eigenvalue weighted by Crippen LogP contribution is 2.62. The number of nitrogen functional groups attached to an aromatic ring is 1. The third kappa shape index (κ3) is 1.52. The normalized spacial score (nSPS) is 20.9. The number of aromatic nitrogens is 3. The summed E-state index contributed by atoms with van der Waals surface area (Å²) in [6.07, 6.45) is 7.21. The van der Waals surface area contributed by atoms with Gasteiger partial charge in [0.2, 0.25) is 0 Å². The van der Waals surface area contributed by atoms with Crippen molar-refractivity contribution >= 4 is 16.9 Å². The summed E-state index contributed by atoms with van der Waals surface area (Å²) in [5.41, 5.74) is 10.2. The Hall–Kier alpha value is -1.58. The molecule has 2 aliphatic carbocycles. The van der Waals surface area contributed by atoms with Crippen molar-refractivity contribution in [2.24, 2.45) is 11.3 Å². The molecule has 2 N–H and O–H groups in total. The molecule has 2 saturated carbocycles. The third-order valence-electron chi connectivity index (χ3n) is 5.24. The van der Waals surface area contributed by atoms with Crippen LogP contribution in [0, 0.1) is 25.2 Å². The zero-order valence-corrected chi connectivity index (χ0v) is 11.6. The summed E-state index contributed by atoms with van der Waals surface area (Å²) >= 11 is 0. The zero-order chi connectivity index (χ0) is 13.2.